The Morgan fingerprint density at radius 2 is 1.62 bits per heavy atom. The van der Waals surface area contributed by atoms with E-state index >= 15 is 0 Å². The number of rotatable bonds is 6. The van der Waals surface area contributed by atoms with Crippen LogP contribution >= 0.6 is 0 Å². The minimum Gasteiger partial charge on any atom is -0.375 e. The van der Waals surface area contributed by atoms with E-state index in [2.05, 4.69) is 5.32 Å². The van der Waals surface area contributed by atoms with Crippen molar-refractivity contribution >= 4 is 11.6 Å². The fraction of sp³-hybridized carbons (Fsp3) is 0.200. The number of hydrogen-bond acceptors (Lipinski definition) is 3. The zero-order chi connectivity index (χ0) is 23.4. The zero-order valence-corrected chi connectivity index (χ0v) is 17.3. The van der Waals surface area contributed by atoms with E-state index in [1.807, 2.05) is 31.2 Å². The summed E-state index contributed by atoms with van der Waals surface area (Å²) in [7, 11) is 0. The number of halogens is 3. The highest BCUT2D eigenvalue weighted by molar-refractivity contribution is 5.98. The molecule has 0 bridgehead atoms. The summed E-state index contributed by atoms with van der Waals surface area (Å²) in [4.78, 5) is 13.2. The number of nitrogens with one attached hydrogen (secondary N) is 1. The lowest BCUT2D eigenvalue weighted by Gasteiger charge is -2.28. The van der Waals surface area contributed by atoms with Gasteiger partial charge < -0.3 is 10.4 Å². The standard InChI is InChI=1S/C25H21F3N2O2/c1-2-17-8-10-18(11-9-17)15-24(32,20-6-4-3-5-7-20)23(31)30-21-13-12-19(16-29)22(14-21)25(26,27)28/h3-14,32H,2,15H2,1H3,(H,30,31)/t24-/m0/s1. The van der Waals surface area contributed by atoms with E-state index in [1.165, 1.54) is 12.1 Å². The average molecular weight is 438 g/mol. The first-order chi connectivity index (χ1) is 15.2. The molecule has 7 heteroatoms. The molecule has 0 aliphatic carbocycles. The molecule has 0 unspecified atom stereocenters. The Bertz CT molecular complexity index is 1140. The number of carbonyl (C=O) groups excluding carboxylic acids is 1. The van der Waals surface area contributed by atoms with E-state index in [-0.39, 0.29) is 12.1 Å². The van der Waals surface area contributed by atoms with Crippen LogP contribution in [0.4, 0.5) is 18.9 Å². The third-order valence-corrected chi connectivity index (χ3v) is 5.22. The number of alkyl halides is 3. The molecule has 2 N–H and O–H groups in total. The summed E-state index contributed by atoms with van der Waals surface area (Å²) in [6, 6.07) is 20.0. The molecule has 3 aromatic rings. The molecular weight excluding hydrogens is 417 g/mol. The number of carbonyl (C=O) groups is 1. The van der Waals surface area contributed by atoms with Crippen LogP contribution in [0, 0.1) is 11.3 Å². The van der Waals surface area contributed by atoms with Crippen molar-refractivity contribution in [3.8, 4) is 6.07 Å². The largest absolute Gasteiger partial charge is 0.417 e. The van der Waals surface area contributed by atoms with E-state index in [1.54, 1.807) is 30.3 Å². The summed E-state index contributed by atoms with van der Waals surface area (Å²) >= 11 is 0. The van der Waals surface area contributed by atoms with Gasteiger partial charge in [0.1, 0.15) is 0 Å². The van der Waals surface area contributed by atoms with Crippen LogP contribution in [0.5, 0.6) is 0 Å². The smallest absolute Gasteiger partial charge is 0.375 e. The predicted molar refractivity (Wildman–Crippen MR) is 115 cm³/mol. The Balaban J connectivity index is 1.97. The summed E-state index contributed by atoms with van der Waals surface area (Å²) < 4.78 is 39.9. The van der Waals surface area contributed by atoms with Gasteiger partial charge in [-0.05, 0) is 41.3 Å². The maximum absolute atomic E-state index is 13.3. The van der Waals surface area contributed by atoms with E-state index < -0.39 is 28.8 Å². The van der Waals surface area contributed by atoms with E-state index in [0.29, 0.717) is 17.2 Å². The van der Waals surface area contributed by atoms with Gasteiger partial charge in [0.25, 0.3) is 5.91 Å². The third-order valence-electron chi connectivity index (χ3n) is 5.22. The summed E-state index contributed by atoms with van der Waals surface area (Å²) in [6.45, 7) is 2.01. The first kappa shape index (κ1) is 23.0. The fourth-order valence-corrected chi connectivity index (χ4v) is 3.40. The normalized spacial score (nSPS) is 13.1. The van der Waals surface area contributed by atoms with Gasteiger partial charge in [-0.15, -0.1) is 0 Å². The molecule has 0 aliphatic rings. The number of hydrogen-bond donors (Lipinski definition) is 2. The maximum atomic E-state index is 13.3. The Hall–Kier alpha value is -3.63. The molecule has 1 atom stereocenters. The number of aliphatic hydroxyl groups is 1. The Morgan fingerprint density at radius 1 is 1.00 bits per heavy atom. The van der Waals surface area contributed by atoms with Crippen LogP contribution in [0.2, 0.25) is 0 Å². The molecule has 3 rings (SSSR count). The van der Waals surface area contributed by atoms with E-state index in [0.717, 1.165) is 18.1 Å². The second kappa shape index (κ2) is 9.25. The molecule has 0 aromatic heterocycles. The molecule has 0 heterocycles. The van der Waals surface area contributed by atoms with Crippen molar-refractivity contribution in [2.75, 3.05) is 5.32 Å². The lowest BCUT2D eigenvalue weighted by Crippen LogP contribution is -2.42. The number of aryl methyl sites for hydroxylation is 1. The van der Waals surface area contributed by atoms with Crippen molar-refractivity contribution in [1.29, 1.82) is 5.26 Å². The number of anilines is 1. The lowest BCUT2D eigenvalue weighted by atomic mass is 9.86. The van der Waals surface area contributed by atoms with Gasteiger partial charge in [-0.2, -0.15) is 18.4 Å². The molecule has 0 radical (unpaired) electrons. The summed E-state index contributed by atoms with van der Waals surface area (Å²) in [6.07, 6.45) is -4.00. The fourth-order valence-electron chi connectivity index (χ4n) is 3.40. The van der Waals surface area contributed by atoms with Crippen molar-refractivity contribution < 1.29 is 23.1 Å². The lowest BCUT2D eigenvalue weighted by molar-refractivity contribution is -0.138. The molecule has 0 saturated heterocycles. The number of nitriles is 1. The Kier molecular flexibility index (Phi) is 6.66. The van der Waals surface area contributed by atoms with Gasteiger partial charge in [-0.3, -0.25) is 4.79 Å². The second-order valence-electron chi connectivity index (χ2n) is 7.40. The van der Waals surface area contributed by atoms with Gasteiger partial charge in [0.05, 0.1) is 17.2 Å². The van der Waals surface area contributed by atoms with E-state index in [4.69, 9.17) is 5.26 Å². The van der Waals surface area contributed by atoms with Gasteiger partial charge in [-0.25, -0.2) is 0 Å². The first-order valence-corrected chi connectivity index (χ1v) is 9.96. The molecule has 164 valence electrons. The molecule has 0 saturated carbocycles. The highest BCUT2D eigenvalue weighted by atomic mass is 19.4. The summed E-state index contributed by atoms with van der Waals surface area (Å²) in [5, 5.41) is 22.8. The number of nitrogens with zero attached hydrogens (tertiary/aromatic N) is 1. The monoisotopic (exact) mass is 438 g/mol. The van der Waals surface area contributed by atoms with Crippen LogP contribution in [0.25, 0.3) is 0 Å². The van der Waals surface area contributed by atoms with Gasteiger partial charge in [-0.1, -0.05) is 61.5 Å². The van der Waals surface area contributed by atoms with E-state index in [9.17, 15) is 23.1 Å². The van der Waals surface area contributed by atoms with Crippen molar-refractivity contribution in [2.24, 2.45) is 0 Å². The molecule has 4 nitrogen and oxygen atoms in total. The molecule has 0 spiro atoms. The van der Waals surface area contributed by atoms with Gasteiger partial charge in [0, 0.05) is 12.1 Å². The SMILES string of the molecule is CCc1ccc(C[C@@](O)(C(=O)Nc2ccc(C#N)c(C(F)(F)F)c2)c2ccccc2)cc1. The third kappa shape index (κ3) is 4.98. The molecule has 0 aliphatic heterocycles. The first-order valence-electron chi connectivity index (χ1n) is 9.96. The van der Waals surface area contributed by atoms with Crippen molar-refractivity contribution in [3.05, 3.63) is 101 Å². The molecule has 32 heavy (non-hydrogen) atoms. The van der Waals surface area contributed by atoms with Crippen molar-refractivity contribution in [2.45, 2.75) is 31.5 Å². The Morgan fingerprint density at radius 3 is 2.19 bits per heavy atom. The van der Waals surface area contributed by atoms with Crippen LogP contribution < -0.4 is 5.32 Å². The average Bonchev–Trinajstić information content (AvgIpc) is 2.79. The van der Waals surface area contributed by atoms with Crippen LogP contribution in [-0.4, -0.2) is 11.0 Å². The minimum atomic E-state index is -4.76. The Labute approximate surface area is 183 Å². The molecule has 1 amide bonds. The highest BCUT2D eigenvalue weighted by Gasteiger charge is 2.39. The van der Waals surface area contributed by atoms with Crippen LogP contribution in [0.1, 0.15) is 34.7 Å². The summed E-state index contributed by atoms with van der Waals surface area (Å²) in [5.74, 6) is -0.874. The molecule has 3 aromatic carbocycles. The topological polar surface area (TPSA) is 73.1 Å². The van der Waals surface area contributed by atoms with Gasteiger partial charge >= 0.3 is 6.18 Å². The summed E-state index contributed by atoms with van der Waals surface area (Å²) in [5.41, 5.74) is -1.81. The number of amides is 1. The molecule has 0 fully saturated rings. The minimum absolute atomic E-state index is 0.0742. The van der Waals surface area contributed by atoms with Gasteiger partial charge in [0.15, 0.2) is 5.60 Å². The second-order valence-corrected chi connectivity index (χ2v) is 7.40. The maximum Gasteiger partial charge on any atom is 0.417 e. The van der Waals surface area contributed by atoms with Crippen LogP contribution in [0.3, 0.4) is 0 Å². The quantitative estimate of drug-likeness (QED) is 0.555. The van der Waals surface area contributed by atoms with Crippen molar-refractivity contribution in [3.63, 3.8) is 0 Å². The zero-order valence-electron chi connectivity index (χ0n) is 17.3. The van der Waals surface area contributed by atoms with Crippen molar-refractivity contribution in [1.82, 2.24) is 0 Å². The van der Waals surface area contributed by atoms with Crippen LogP contribution in [0.15, 0.2) is 72.8 Å². The highest BCUT2D eigenvalue weighted by Crippen LogP contribution is 2.34. The van der Waals surface area contributed by atoms with Gasteiger partial charge in [0.2, 0.25) is 0 Å². The predicted octanol–water partition coefficient (Wildman–Crippen LogP) is 5.21. The number of benzene rings is 3. The molecular formula is C25H21F3N2O2. The van der Waals surface area contributed by atoms with Crippen LogP contribution in [-0.2, 0) is 29.4 Å².